The molecule has 0 N–H and O–H groups in total. The lowest BCUT2D eigenvalue weighted by Gasteiger charge is -2.32. The zero-order valence-corrected chi connectivity index (χ0v) is 23.7. The van der Waals surface area contributed by atoms with Gasteiger partial charge in [-0.05, 0) is 67.3 Å². The van der Waals surface area contributed by atoms with Crippen LogP contribution in [0, 0.1) is 5.92 Å². The maximum Gasteiger partial charge on any atom is 0.416 e. The maximum absolute atomic E-state index is 13.7. The second-order valence-electron chi connectivity index (χ2n) is 10.4. The molecule has 0 fully saturated rings. The molecule has 0 spiro atoms. The molecule has 0 radical (unpaired) electrons. The van der Waals surface area contributed by atoms with Gasteiger partial charge in [0, 0.05) is 36.6 Å². The van der Waals surface area contributed by atoms with Crippen molar-refractivity contribution in [2.24, 2.45) is 5.92 Å². The summed E-state index contributed by atoms with van der Waals surface area (Å²) in [7, 11) is 1.62. The summed E-state index contributed by atoms with van der Waals surface area (Å²) in [5.41, 5.74) is 0.988. The number of benzene rings is 2. The van der Waals surface area contributed by atoms with Crippen molar-refractivity contribution in [3.05, 3.63) is 89.2 Å². The fraction of sp³-hybridized carbons (Fsp3) is 0.419. The summed E-state index contributed by atoms with van der Waals surface area (Å²) in [6.07, 6.45) is -1.91. The highest BCUT2D eigenvalue weighted by Crippen LogP contribution is 2.30. The number of carbonyl (C=O) groups excluding carboxylic acids is 2. The van der Waals surface area contributed by atoms with Crippen LogP contribution in [-0.4, -0.2) is 52.4 Å². The average Bonchev–Trinajstić information content (AvgIpc) is 3.36. The quantitative estimate of drug-likeness (QED) is 0.256. The molecule has 2 aromatic carbocycles. The van der Waals surface area contributed by atoms with Gasteiger partial charge >= 0.3 is 6.18 Å². The van der Waals surface area contributed by atoms with Crippen molar-refractivity contribution in [1.29, 1.82) is 0 Å². The molecular formula is C31H38F3N3O3. The van der Waals surface area contributed by atoms with Gasteiger partial charge < -0.3 is 19.1 Å². The van der Waals surface area contributed by atoms with Gasteiger partial charge in [0.2, 0.25) is 5.91 Å². The van der Waals surface area contributed by atoms with Gasteiger partial charge in [-0.3, -0.25) is 9.59 Å². The van der Waals surface area contributed by atoms with Crippen molar-refractivity contribution in [3.8, 4) is 5.75 Å². The molecule has 3 aromatic rings. The van der Waals surface area contributed by atoms with E-state index in [9.17, 15) is 22.8 Å². The maximum atomic E-state index is 13.7. The molecule has 0 saturated carbocycles. The Hall–Kier alpha value is -3.75. The number of hydrogen-bond acceptors (Lipinski definition) is 3. The molecule has 40 heavy (non-hydrogen) atoms. The second kappa shape index (κ2) is 13.5. The number of halogens is 3. The zero-order valence-electron chi connectivity index (χ0n) is 23.7. The minimum Gasteiger partial charge on any atom is -0.497 e. The number of amides is 2. The van der Waals surface area contributed by atoms with Gasteiger partial charge in [0.15, 0.2) is 0 Å². The van der Waals surface area contributed by atoms with Gasteiger partial charge in [-0.2, -0.15) is 13.2 Å². The molecular weight excluding hydrogens is 519 g/mol. The lowest BCUT2D eigenvalue weighted by molar-refractivity contribution is -0.137. The fourth-order valence-corrected chi connectivity index (χ4v) is 4.52. The number of aromatic nitrogens is 1. The molecule has 1 heterocycles. The number of ether oxygens (including phenoxy) is 1. The van der Waals surface area contributed by atoms with Crippen LogP contribution in [0.1, 0.15) is 61.3 Å². The summed E-state index contributed by atoms with van der Waals surface area (Å²) in [6.45, 7) is 8.67. The molecule has 1 atom stereocenters. The first-order chi connectivity index (χ1) is 18.9. The SMILES string of the molecule is CCC(C)N(Cc1cccn1Cc1cccc(OC)c1)C(=O)CN(CC(C)C)C(=O)c1cccc(C(F)(F)F)c1. The van der Waals surface area contributed by atoms with Crippen LogP contribution in [0.5, 0.6) is 5.75 Å². The highest BCUT2D eigenvalue weighted by molar-refractivity contribution is 5.96. The van der Waals surface area contributed by atoms with Gasteiger partial charge in [-0.25, -0.2) is 0 Å². The molecule has 2 amide bonds. The Morgan fingerprint density at radius 3 is 2.38 bits per heavy atom. The summed E-state index contributed by atoms with van der Waals surface area (Å²) >= 11 is 0. The molecule has 0 aliphatic rings. The summed E-state index contributed by atoms with van der Waals surface area (Å²) in [4.78, 5) is 30.2. The normalized spacial score (nSPS) is 12.3. The Labute approximate surface area is 234 Å². The Bertz CT molecular complexity index is 1290. The second-order valence-corrected chi connectivity index (χ2v) is 10.4. The fourth-order valence-electron chi connectivity index (χ4n) is 4.52. The molecule has 1 aromatic heterocycles. The van der Waals surface area contributed by atoms with Crippen molar-refractivity contribution in [2.45, 2.75) is 59.4 Å². The molecule has 0 bridgehead atoms. The molecule has 0 aliphatic heterocycles. The minimum atomic E-state index is -4.57. The van der Waals surface area contributed by atoms with Crippen LogP contribution < -0.4 is 4.74 Å². The van der Waals surface area contributed by atoms with E-state index in [2.05, 4.69) is 4.57 Å². The molecule has 3 rings (SSSR count). The molecule has 9 heteroatoms. The molecule has 0 aliphatic carbocycles. The summed E-state index contributed by atoms with van der Waals surface area (Å²) in [6, 6.07) is 15.9. The predicted molar refractivity (Wildman–Crippen MR) is 149 cm³/mol. The zero-order chi connectivity index (χ0) is 29.4. The Balaban J connectivity index is 1.83. The third-order valence-electron chi connectivity index (χ3n) is 6.82. The lowest BCUT2D eigenvalue weighted by atomic mass is 10.1. The third kappa shape index (κ3) is 8.13. The van der Waals surface area contributed by atoms with E-state index in [1.165, 1.54) is 17.0 Å². The number of carbonyl (C=O) groups is 2. The Morgan fingerprint density at radius 1 is 1.00 bits per heavy atom. The molecule has 6 nitrogen and oxygen atoms in total. The third-order valence-corrected chi connectivity index (χ3v) is 6.82. The number of alkyl halides is 3. The van der Waals surface area contributed by atoms with Crippen LogP contribution in [0.3, 0.4) is 0 Å². The first-order valence-electron chi connectivity index (χ1n) is 13.5. The molecule has 0 saturated heterocycles. The van der Waals surface area contributed by atoms with Crippen LogP contribution in [0.4, 0.5) is 13.2 Å². The first kappa shape index (κ1) is 30.8. The summed E-state index contributed by atoms with van der Waals surface area (Å²) in [5, 5.41) is 0. The number of nitrogens with zero attached hydrogens (tertiary/aromatic N) is 3. The van der Waals surface area contributed by atoms with E-state index in [-0.39, 0.29) is 36.5 Å². The van der Waals surface area contributed by atoms with E-state index >= 15 is 0 Å². The molecule has 216 valence electrons. The Morgan fingerprint density at radius 2 is 1.73 bits per heavy atom. The van der Waals surface area contributed by atoms with E-state index in [0.717, 1.165) is 29.1 Å². The van der Waals surface area contributed by atoms with Gasteiger partial charge in [0.25, 0.3) is 5.91 Å². The highest BCUT2D eigenvalue weighted by Gasteiger charge is 2.32. The number of methoxy groups -OCH3 is 1. The van der Waals surface area contributed by atoms with Crippen molar-refractivity contribution >= 4 is 11.8 Å². The van der Waals surface area contributed by atoms with Crippen molar-refractivity contribution in [2.75, 3.05) is 20.2 Å². The van der Waals surface area contributed by atoms with Crippen LogP contribution >= 0.6 is 0 Å². The van der Waals surface area contributed by atoms with Crippen LogP contribution in [0.15, 0.2) is 66.9 Å². The van der Waals surface area contributed by atoms with Gasteiger partial charge in [-0.1, -0.05) is 39.0 Å². The van der Waals surface area contributed by atoms with Crippen LogP contribution in [0.2, 0.25) is 0 Å². The van der Waals surface area contributed by atoms with E-state index < -0.39 is 17.6 Å². The number of hydrogen-bond donors (Lipinski definition) is 0. The van der Waals surface area contributed by atoms with Crippen LogP contribution in [-0.2, 0) is 24.1 Å². The number of rotatable bonds is 12. The largest absolute Gasteiger partial charge is 0.497 e. The first-order valence-corrected chi connectivity index (χ1v) is 13.5. The summed E-state index contributed by atoms with van der Waals surface area (Å²) < 4.78 is 47.2. The predicted octanol–water partition coefficient (Wildman–Crippen LogP) is 6.49. The smallest absolute Gasteiger partial charge is 0.416 e. The average molecular weight is 558 g/mol. The standard InChI is InChI=1S/C31H38F3N3O3/c1-6-23(4)37(20-27-13-9-15-35(27)19-24-10-7-14-28(16-24)40-5)29(38)21-36(18-22(2)3)30(39)25-11-8-12-26(17-25)31(32,33)34/h7-17,22-23H,6,18-21H2,1-5H3. The monoisotopic (exact) mass is 557 g/mol. The summed E-state index contributed by atoms with van der Waals surface area (Å²) in [5.74, 6) is -0.0823. The topological polar surface area (TPSA) is 54.8 Å². The van der Waals surface area contributed by atoms with E-state index in [1.807, 2.05) is 70.3 Å². The van der Waals surface area contributed by atoms with Crippen molar-refractivity contribution < 1.29 is 27.5 Å². The Kier molecular flexibility index (Phi) is 10.4. The minimum absolute atomic E-state index is 0.0136. The lowest BCUT2D eigenvalue weighted by Crippen LogP contribution is -2.47. The van der Waals surface area contributed by atoms with Gasteiger partial charge in [-0.15, -0.1) is 0 Å². The van der Waals surface area contributed by atoms with Crippen LogP contribution in [0.25, 0.3) is 0 Å². The van der Waals surface area contributed by atoms with Crippen molar-refractivity contribution in [1.82, 2.24) is 14.4 Å². The van der Waals surface area contributed by atoms with E-state index in [1.54, 1.807) is 12.0 Å². The molecule has 1 unspecified atom stereocenters. The van der Waals surface area contributed by atoms with E-state index in [4.69, 9.17) is 4.74 Å². The highest BCUT2D eigenvalue weighted by atomic mass is 19.4. The van der Waals surface area contributed by atoms with Crippen molar-refractivity contribution in [3.63, 3.8) is 0 Å². The van der Waals surface area contributed by atoms with Gasteiger partial charge in [0.05, 0.1) is 19.2 Å². The van der Waals surface area contributed by atoms with E-state index in [0.29, 0.717) is 19.5 Å². The van der Waals surface area contributed by atoms with Gasteiger partial charge in [0.1, 0.15) is 12.3 Å².